The van der Waals surface area contributed by atoms with E-state index in [4.69, 9.17) is 14.2 Å². The molecule has 3 rings (SSSR count). The number of hydrogen-bond donors (Lipinski definition) is 0. The first-order valence-corrected chi connectivity index (χ1v) is 7.42. The molecule has 2 aromatic carbocycles. The number of aliphatic imine (C=N–C) groups is 1. The van der Waals surface area contributed by atoms with Crippen molar-refractivity contribution < 1.29 is 19.0 Å². The Morgan fingerprint density at radius 1 is 1.00 bits per heavy atom. The van der Waals surface area contributed by atoms with Gasteiger partial charge in [-0.05, 0) is 42.8 Å². The lowest BCUT2D eigenvalue weighted by atomic mass is 10.1. The summed E-state index contributed by atoms with van der Waals surface area (Å²) in [5.41, 5.74) is 2.87. The van der Waals surface area contributed by atoms with Crippen molar-refractivity contribution in [2.75, 3.05) is 14.2 Å². The SMILES string of the molecule is COc1cc(C=C2N=C(c3ccc(C)cc3)OC2=O)cc(OC)c1. The van der Waals surface area contributed by atoms with Gasteiger partial charge in [-0.3, -0.25) is 0 Å². The van der Waals surface area contributed by atoms with E-state index < -0.39 is 5.97 Å². The van der Waals surface area contributed by atoms with Gasteiger partial charge < -0.3 is 14.2 Å². The van der Waals surface area contributed by atoms with E-state index in [2.05, 4.69) is 4.99 Å². The first-order valence-electron chi connectivity index (χ1n) is 7.42. The number of esters is 1. The Morgan fingerprint density at radius 3 is 2.21 bits per heavy atom. The fraction of sp³-hybridized carbons (Fsp3) is 0.158. The topological polar surface area (TPSA) is 57.1 Å². The predicted octanol–water partition coefficient (Wildman–Crippen LogP) is 3.36. The van der Waals surface area contributed by atoms with Crippen molar-refractivity contribution in [3.8, 4) is 11.5 Å². The summed E-state index contributed by atoms with van der Waals surface area (Å²) >= 11 is 0. The van der Waals surface area contributed by atoms with Crippen LogP contribution in [0.1, 0.15) is 16.7 Å². The Bertz CT molecular complexity index is 813. The monoisotopic (exact) mass is 323 g/mol. The summed E-state index contributed by atoms with van der Waals surface area (Å²) in [6, 6.07) is 13.0. The number of methoxy groups -OCH3 is 2. The molecule has 0 fully saturated rings. The summed E-state index contributed by atoms with van der Waals surface area (Å²) in [5, 5.41) is 0. The van der Waals surface area contributed by atoms with Crippen molar-refractivity contribution in [2.45, 2.75) is 6.92 Å². The van der Waals surface area contributed by atoms with Gasteiger partial charge in [-0.25, -0.2) is 9.79 Å². The second-order valence-corrected chi connectivity index (χ2v) is 5.35. The standard InChI is InChI=1S/C19H17NO4/c1-12-4-6-14(7-5-12)18-20-17(19(21)24-18)10-13-8-15(22-2)11-16(9-13)23-3/h4-11H,1-3H3. The third-order valence-electron chi connectivity index (χ3n) is 3.60. The summed E-state index contributed by atoms with van der Waals surface area (Å²) < 4.78 is 15.7. The minimum Gasteiger partial charge on any atom is -0.497 e. The fourth-order valence-electron chi connectivity index (χ4n) is 2.30. The van der Waals surface area contributed by atoms with Crippen LogP contribution in [0, 0.1) is 6.92 Å². The molecule has 5 heteroatoms. The van der Waals surface area contributed by atoms with E-state index in [0.29, 0.717) is 17.4 Å². The number of ether oxygens (including phenoxy) is 3. The quantitative estimate of drug-likeness (QED) is 0.639. The highest BCUT2D eigenvalue weighted by atomic mass is 16.6. The van der Waals surface area contributed by atoms with Gasteiger partial charge in [0.05, 0.1) is 14.2 Å². The second kappa shape index (κ2) is 6.58. The number of benzene rings is 2. The number of aryl methyl sites for hydroxylation is 1. The molecule has 1 aliphatic heterocycles. The van der Waals surface area contributed by atoms with Crippen molar-refractivity contribution in [3.05, 3.63) is 64.9 Å². The Kier molecular flexibility index (Phi) is 4.33. The fourth-order valence-corrected chi connectivity index (χ4v) is 2.30. The zero-order valence-electron chi connectivity index (χ0n) is 13.7. The van der Waals surface area contributed by atoms with Gasteiger partial charge in [0, 0.05) is 11.6 Å². The maximum Gasteiger partial charge on any atom is 0.363 e. The highest BCUT2D eigenvalue weighted by Crippen LogP contribution is 2.26. The Balaban J connectivity index is 1.95. The predicted molar refractivity (Wildman–Crippen MR) is 91.3 cm³/mol. The van der Waals surface area contributed by atoms with E-state index in [0.717, 1.165) is 16.7 Å². The summed E-state index contributed by atoms with van der Waals surface area (Å²) in [7, 11) is 3.15. The molecule has 5 nitrogen and oxygen atoms in total. The van der Waals surface area contributed by atoms with Crippen LogP contribution in [0.4, 0.5) is 0 Å². The van der Waals surface area contributed by atoms with Crippen molar-refractivity contribution >= 4 is 17.9 Å². The maximum atomic E-state index is 12.1. The van der Waals surface area contributed by atoms with Crippen LogP contribution in [0.2, 0.25) is 0 Å². The number of carbonyl (C=O) groups is 1. The van der Waals surface area contributed by atoms with Crippen LogP contribution in [0.3, 0.4) is 0 Å². The molecule has 1 heterocycles. The summed E-state index contributed by atoms with van der Waals surface area (Å²) in [4.78, 5) is 16.4. The molecule has 0 atom stereocenters. The molecule has 24 heavy (non-hydrogen) atoms. The van der Waals surface area contributed by atoms with Gasteiger partial charge in [0.2, 0.25) is 5.90 Å². The minimum absolute atomic E-state index is 0.237. The van der Waals surface area contributed by atoms with Gasteiger partial charge in [0.15, 0.2) is 5.70 Å². The van der Waals surface area contributed by atoms with E-state index >= 15 is 0 Å². The van der Waals surface area contributed by atoms with Crippen LogP contribution in [0.15, 0.2) is 53.2 Å². The molecular formula is C19H17NO4. The van der Waals surface area contributed by atoms with Crippen molar-refractivity contribution in [3.63, 3.8) is 0 Å². The summed E-state index contributed by atoms with van der Waals surface area (Å²) in [6.45, 7) is 1.99. The number of nitrogens with zero attached hydrogens (tertiary/aromatic N) is 1. The van der Waals surface area contributed by atoms with Gasteiger partial charge in [0.1, 0.15) is 11.5 Å². The molecule has 1 aliphatic rings. The third-order valence-corrected chi connectivity index (χ3v) is 3.60. The molecule has 2 aromatic rings. The highest BCUT2D eigenvalue weighted by molar-refractivity contribution is 6.12. The second-order valence-electron chi connectivity index (χ2n) is 5.35. The van der Waals surface area contributed by atoms with Crippen LogP contribution >= 0.6 is 0 Å². The van der Waals surface area contributed by atoms with Gasteiger partial charge in [-0.15, -0.1) is 0 Å². The molecule has 0 aliphatic carbocycles. The molecule has 0 saturated heterocycles. The average molecular weight is 323 g/mol. The lowest BCUT2D eigenvalue weighted by Crippen LogP contribution is -2.05. The minimum atomic E-state index is -0.479. The van der Waals surface area contributed by atoms with Crippen LogP contribution < -0.4 is 9.47 Å². The first kappa shape index (κ1) is 15.8. The maximum absolute atomic E-state index is 12.1. The van der Waals surface area contributed by atoms with E-state index in [9.17, 15) is 4.79 Å². The lowest BCUT2D eigenvalue weighted by molar-refractivity contribution is -0.129. The molecule has 0 bridgehead atoms. The van der Waals surface area contributed by atoms with E-state index in [1.165, 1.54) is 0 Å². The molecule has 0 amide bonds. The zero-order valence-corrected chi connectivity index (χ0v) is 13.7. The average Bonchev–Trinajstić information content (AvgIpc) is 2.95. The largest absolute Gasteiger partial charge is 0.497 e. The normalized spacial score (nSPS) is 15.2. The zero-order chi connectivity index (χ0) is 17.1. The number of cyclic esters (lactones) is 1. The van der Waals surface area contributed by atoms with Crippen molar-refractivity contribution in [1.29, 1.82) is 0 Å². The highest BCUT2D eigenvalue weighted by Gasteiger charge is 2.24. The van der Waals surface area contributed by atoms with Crippen molar-refractivity contribution in [1.82, 2.24) is 0 Å². The number of rotatable bonds is 4. The van der Waals surface area contributed by atoms with E-state index in [1.807, 2.05) is 31.2 Å². The Hall–Kier alpha value is -3.08. The Labute approximate surface area is 140 Å². The smallest absolute Gasteiger partial charge is 0.363 e. The molecule has 0 N–H and O–H groups in total. The third kappa shape index (κ3) is 3.30. The molecule has 0 radical (unpaired) electrons. The molecular weight excluding hydrogens is 306 g/mol. The van der Waals surface area contributed by atoms with E-state index in [1.54, 1.807) is 38.5 Å². The molecule has 0 unspecified atom stereocenters. The summed E-state index contributed by atoms with van der Waals surface area (Å²) in [6.07, 6.45) is 1.65. The van der Waals surface area contributed by atoms with Gasteiger partial charge in [-0.1, -0.05) is 17.7 Å². The molecule has 0 saturated carbocycles. The van der Waals surface area contributed by atoms with Crippen LogP contribution in [-0.2, 0) is 9.53 Å². The van der Waals surface area contributed by atoms with Crippen molar-refractivity contribution in [2.24, 2.45) is 4.99 Å². The van der Waals surface area contributed by atoms with Crippen LogP contribution in [0.5, 0.6) is 11.5 Å². The van der Waals surface area contributed by atoms with Crippen LogP contribution in [0.25, 0.3) is 6.08 Å². The van der Waals surface area contributed by atoms with Gasteiger partial charge >= 0.3 is 5.97 Å². The van der Waals surface area contributed by atoms with Crippen LogP contribution in [-0.4, -0.2) is 26.1 Å². The number of hydrogen-bond acceptors (Lipinski definition) is 5. The number of carbonyl (C=O) groups excluding carboxylic acids is 1. The van der Waals surface area contributed by atoms with E-state index in [-0.39, 0.29) is 5.70 Å². The molecule has 122 valence electrons. The summed E-state index contributed by atoms with van der Waals surface area (Å²) in [5.74, 6) is 1.10. The Morgan fingerprint density at radius 2 is 1.62 bits per heavy atom. The van der Waals surface area contributed by atoms with Gasteiger partial charge in [0.25, 0.3) is 0 Å². The molecule has 0 spiro atoms. The lowest BCUT2D eigenvalue weighted by Gasteiger charge is -2.05. The molecule has 0 aromatic heterocycles. The first-order chi connectivity index (χ1) is 11.6. The van der Waals surface area contributed by atoms with Gasteiger partial charge in [-0.2, -0.15) is 0 Å².